The zero-order valence-electron chi connectivity index (χ0n) is 19.0. The van der Waals surface area contributed by atoms with Gasteiger partial charge < -0.3 is 0 Å². The standard InChI is InChI=1S/C23H36N2O2SSi/c1-17(2)29(18(3)4,19(5)6)23(15-24)21-9-8-14-25(16-21)28(26,27)22-12-10-20(7)11-13-22/h10-13,17-19H,8-9,14,16H2,1-7H3/b23-21-. The summed E-state index contributed by atoms with van der Waals surface area (Å²) in [5, 5.41) is 11.2. The predicted octanol–water partition coefficient (Wildman–Crippen LogP) is 5.82. The van der Waals surface area contributed by atoms with Gasteiger partial charge in [0.2, 0.25) is 10.0 Å². The lowest BCUT2D eigenvalue weighted by Gasteiger charge is -2.44. The van der Waals surface area contributed by atoms with Gasteiger partial charge in [0, 0.05) is 18.3 Å². The zero-order chi connectivity index (χ0) is 22.0. The lowest BCUT2D eigenvalue weighted by atomic mass is 10.1. The fourth-order valence-corrected chi connectivity index (χ4v) is 13.7. The van der Waals surface area contributed by atoms with E-state index in [1.165, 1.54) is 0 Å². The van der Waals surface area contributed by atoms with Gasteiger partial charge in [0.25, 0.3) is 0 Å². The lowest BCUT2D eigenvalue weighted by Crippen LogP contribution is -2.48. The van der Waals surface area contributed by atoms with E-state index in [0.29, 0.717) is 34.6 Å². The number of allylic oxidation sites excluding steroid dienone is 1. The van der Waals surface area contributed by atoms with Gasteiger partial charge in [0.05, 0.1) is 11.0 Å². The molecule has 1 saturated heterocycles. The van der Waals surface area contributed by atoms with Crippen molar-refractivity contribution in [3.05, 3.63) is 40.6 Å². The van der Waals surface area contributed by atoms with Crippen LogP contribution in [0.2, 0.25) is 16.6 Å². The molecule has 0 unspecified atom stereocenters. The Kier molecular flexibility index (Phi) is 7.53. The summed E-state index contributed by atoms with van der Waals surface area (Å²) in [6.07, 6.45) is 1.59. The van der Waals surface area contributed by atoms with Crippen molar-refractivity contribution in [3.63, 3.8) is 0 Å². The van der Waals surface area contributed by atoms with E-state index in [9.17, 15) is 13.7 Å². The topological polar surface area (TPSA) is 61.2 Å². The summed E-state index contributed by atoms with van der Waals surface area (Å²) in [4.78, 5) is 0.336. The smallest absolute Gasteiger partial charge is 0.207 e. The van der Waals surface area contributed by atoms with E-state index in [-0.39, 0.29) is 0 Å². The Morgan fingerprint density at radius 1 is 1.03 bits per heavy atom. The number of nitriles is 1. The highest BCUT2D eigenvalue weighted by Crippen LogP contribution is 2.48. The number of benzene rings is 1. The molecule has 0 aromatic heterocycles. The maximum Gasteiger partial charge on any atom is 0.243 e. The molecular weight excluding hydrogens is 396 g/mol. The average molecular weight is 433 g/mol. The highest BCUT2D eigenvalue weighted by atomic mass is 32.2. The second-order valence-electron chi connectivity index (χ2n) is 9.24. The summed E-state index contributed by atoms with van der Waals surface area (Å²) >= 11 is 0. The third kappa shape index (κ3) is 4.37. The van der Waals surface area contributed by atoms with Crippen molar-refractivity contribution >= 4 is 18.1 Å². The molecule has 6 heteroatoms. The normalized spacial score (nSPS) is 18.4. The number of nitrogens with zero attached hydrogens (tertiary/aromatic N) is 2. The fraction of sp³-hybridized carbons (Fsp3) is 0.609. The molecule has 1 aromatic rings. The van der Waals surface area contributed by atoms with Crippen LogP contribution in [-0.2, 0) is 10.0 Å². The Hall–Kier alpha value is -1.42. The Morgan fingerprint density at radius 3 is 2.00 bits per heavy atom. The van der Waals surface area contributed by atoms with Gasteiger partial charge in [-0.2, -0.15) is 9.57 Å². The molecule has 0 spiro atoms. The van der Waals surface area contributed by atoms with E-state index < -0.39 is 18.1 Å². The molecule has 1 heterocycles. The highest BCUT2D eigenvalue weighted by molar-refractivity contribution is 7.89. The minimum Gasteiger partial charge on any atom is -0.207 e. The van der Waals surface area contributed by atoms with Gasteiger partial charge in [0.1, 0.15) is 8.07 Å². The first kappa shape index (κ1) is 23.9. The molecule has 1 aliphatic heterocycles. The number of hydrogen-bond acceptors (Lipinski definition) is 3. The SMILES string of the molecule is Cc1ccc(S(=O)(=O)N2CCC/C(=C(\C#N)[Si](C(C)C)(C(C)C)C(C)C)C2)cc1. The molecule has 4 nitrogen and oxygen atoms in total. The predicted molar refractivity (Wildman–Crippen MR) is 123 cm³/mol. The first-order valence-corrected chi connectivity index (χ1v) is 14.4. The number of aryl methyl sites for hydroxylation is 1. The number of piperidine rings is 1. The molecule has 2 rings (SSSR count). The van der Waals surface area contributed by atoms with Gasteiger partial charge in [-0.1, -0.05) is 59.2 Å². The number of hydrogen-bond donors (Lipinski definition) is 0. The van der Waals surface area contributed by atoms with Crippen LogP contribution < -0.4 is 0 Å². The summed E-state index contributed by atoms with van der Waals surface area (Å²) in [5.74, 6) is 0. The highest BCUT2D eigenvalue weighted by Gasteiger charge is 2.48. The first-order chi connectivity index (χ1) is 13.5. The van der Waals surface area contributed by atoms with Gasteiger partial charge in [-0.3, -0.25) is 0 Å². The van der Waals surface area contributed by atoms with Crippen molar-refractivity contribution in [1.82, 2.24) is 4.31 Å². The van der Waals surface area contributed by atoms with Crippen LogP contribution in [0.1, 0.15) is 59.9 Å². The van der Waals surface area contributed by atoms with E-state index in [1.54, 1.807) is 16.4 Å². The summed E-state index contributed by atoms with van der Waals surface area (Å²) in [5.41, 5.74) is 3.37. The molecule has 0 aliphatic carbocycles. The molecule has 29 heavy (non-hydrogen) atoms. The molecule has 1 aromatic carbocycles. The summed E-state index contributed by atoms with van der Waals surface area (Å²) in [6.45, 7) is 16.3. The lowest BCUT2D eigenvalue weighted by molar-refractivity contribution is 0.394. The van der Waals surface area contributed by atoms with Gasteiger partial charge in [0.15, 0.2) is 0 Å². The van der Waals surface area contributed by atoms with Crippen molar-refractivity contribution in [2.24, 2.45) is 0 Å². The maximum absolute atomic E-state index is 13.2. The Bertz CT molecular complexity index is 872. The van der Waals surface area contributed by atoms with Crippen LogP contribution >= 0.6 is 0 Å². The minimum atomic E-state index is -3.55. The molecule has 1 fully saturated rings. The van der Waals surface area contributed by atoms with E-state index in [2.05, 4.69) is 47.6 Å². The van der Waals surface area contributed by atoms with E-state index in [0.717, 1.165) is 29.2 Å². The average Bonchev–Trinajstić information content (AvgIpc) is 2.65. The van der Waals surface area contributed by atoms with E-state index in [4.69, 9.17) is 0 Å². The van der Waals surface area contributed by atoms with Crippen LogP contribution in [0.4, 0.5) is 0 Å². The quantitative estimate of drug-likeness (QED) is 0.420. The Labute approximate surface area is 178 Å². The third-order valence-corrected chi connectivity index (χ3v) is 15.6. The number of sulfonamides is 1. The van der Waals surface area contributed by atoms with Gasteiger partial charge >= 0.3 is 0 Å². The van der Waals surface area contributed by atoms with Crippen molar-refractivity contribution in [1.29, 1.82) is 5.26 Å². The van der Waals surface area contributed by atoms with E-state index >= 15 is 0 Å². The van der Waals surface area contributed by atoms with Crippen LogP contribution in [0.15, 0.2) is 39.9 Å². The summed E-state index contributed by atoms with van der Waals surface area (Å²) < 4.78 is 28.1. The first-order valence-electron chi connectivity index (χ1n) is 10.7. The molecule has 0 amide bonds. The largest absolute Gasteiger partial charge is 0.243 e. The van der Waals surface area contributed by atoms with Gasteiger partial charge in [-0.05, 0) is 54.1 Å². The number of rotatable bonds is 6. The van der Waals surface area contributed by atoms with Crippen LogP contribution in [0.25, 0.3) is 0 Å². The minimum absolute atomic E-state index is 0.336. The second-order valence-corrected chi connectivity index (χ2v) is 17.0. The van der Waals surface area contributed by atoms with Gasteiger partial charge in [-0.15, -0.1) is 0 Å². The van der Waals surface area contributed by atoms with Crippen molar-refractivity contribution in [2.45, 2.75) is 82.8 Å². The fourth-order valence-electron chi connectivity index (χ4n) is 5.46. The third-order valence-electron chi connectivity index (χ3n) is 6.68. The van der Waals surface area contributed by atoms with Crippen molar-refractivity contribution in [3.8, 4) is 6.07 Å². The molecule has 0 atom stereocenters. The maximum atomic E-state index is 13.2. The van der Waals surface area contributed by atoms with Crippen LogP contribution in [0.5, 0.6) is 0 Å². The van der Waals surface area contributed by atoms with Crippen LogP contribution in [-0.4, -0.2) is 33.9 Å². The Balaban J connectivity index is 2.54. The molecular formula is C23H36N2O2SSi. The van der Waals surface area contributed by atoms with E-state index in [1.807, 2.05) is 19.1 Å². The Morgan fingerprint density at radius 2 is 1.55 bits per heavy atom. The molecule has 0 bridgehead atoms. The monoisotopic (exact) mass is 432 g/mol. The molecule has 0 radical (unpaired) electrons. The van der Waals surface area contributed by atoms with Crippen molar-refractivity contribution < 1.29 is 8.42 Å². The zero-order valence-corrected chi connectivity index (χ0v) is 20.8. The summed E-state index contributed by atoms with van der Waals surface area (Å²) in [6, 6.07) is 9.64. The van der Waals surface area contributed by atoms with Crippen LogP contribution in [0, 0.1) is 18.3 Å². The summed E-state index contributed by atoms with van der Waals surface area (Å²) in [7, 11) is -5.68. The molecule has 0 N–H and O–H groups in total. The second kappa shape index (κ2) is 9.16. The van der Waals surface area contributed by atoms with Crippen LogP contribution in [0.3, 0.4) is 0 Å². The van der Waals surface area contributed by atoms with Gasteiger partial charge in [-0.25, -0.2) is 8.42 Å². The van der Waals surface area contributed by atoms with Crippen molar-refractivity contribution in [2.75, 3.05) is 13.1 Å². The molecule has 160 valence electrons. The molecule has 1 aliphatic rings. The molecule has 0 saturated carbocycles.